The topological polar surface area (TPSA) is 64.9 Å². The zero-order valence-corrected chi connectivity index (χ0v) is 11.4. The summed E-state index contributed by atoms with van der Waals surface area (Å²) >= 11 is 0. The van der Waals surface area contributed by atoms with E-state index in [1.54, 1.807) is 7.11 Å². The zero-order valence-electron chi connectivity index (χ0n) is 11.4. The minimum atomic E-state index is 0.441. The number of tetrazole rings is 1. The lowest BCUT2D eigenvalue weighted by Crippen LogP contribution is -2.35. The second-order valence-electron chi connectivity index (χ2n) is 5.13. The molecule has 1 aromatic rings. The Morgan fingerprint density at radius 1 is 1.44 bits per heavy atom. The van der Waals surface area contributed by atoms with Crippen LogP contribution in [0.3, 0.4) is 0 Å². The van der Waals surface area contributed by atoms with Gasteiger partial charge in [-0.25, -0.2) is 4.68 Å². The Bertz CT molecular complexity index is 356. The molecule has 0 amide bonds. The molecule has 0 atom stereocenters. The maximum Gasteiger partial charge on any atom is 0.165 e. The van der Waals surface area contributed by atoms with E-state index < -0.39 is 0 Å². The maximum absolute atomic E-state index is 5.00. The van der Waals surface area contributed by atoms with Crippen LogP contribution in [0.4, 0.5) is 0 Å². The Kier molecular flexibility index (Phi) is 4.66. The number of aromatic nitrogens is 4. The van der Waals surface area contributed by atoms with E-state index in [1.807, 2.05) is 4.68 Å². The number of methoxy groups -OCH3 is 1. The summed E-state index contributed by atoms with van der Waals surface area (Å²) in [7, 11) is 1.70. The standard InChI is InChI=1S/C12H23N5O/c1-3-12(5-4-6-12)10-17-11(14-15-16-17)9-13-7-8-18-2/h13H,3-10H2,1-2H3. The van der Waals surface area contributed by atoms with Gasteiger partial charge < -0.3 is 10.1 Å². The second kappa shape index (κ2) is 6.24. The fraction of sp³-hybridized carbons (Fsp3) is 0.917. The first kappa shape index (κ1) is 13.4. The van der Waals surface area contributed by atoms with Gasteiger partial charge in [-0.15, -0.1) is 5.10 Å². The molecule has 102 valence electrons. The molecule has 0 aliphatic heterocycles. The predicted octanol–water partition coefficient (Wildman–Crippen LogP) is 0.989. The summed E-state index contributed by atoms with van der Waals surface area (Å²) in [5.41, 5.74) is 0.441. The minimum Gasteiger partial charge on any atom is -0.383 e. The number of nitrogens with one attached hydrogen (secondary N) is 1. The molecule has 1 aliphatic carbocycles. The van der Waals surface area contributed by atoms with Crippen molar-refractivity contribution in [3.63, 3.8) is 0 Å². The number of ether oxygens (including phenoxy) is 1. The Balaban J connectivity index is 1.87. The number of hydrogen-bond acceptors (Lipinski definition) is 5. The highest BCUT2D eigenvalue weighted by atomic mass is 16.5. The van der Waals surface area contributed by atoms with Crippen LogP contribution in [0.1, 0.15) is 38.4 Å². The van der Waals surface area contributed by atoms with E-state index in [2.05, 4.69) is 27.8 Å². The molecule has 0 aromatic carbocycles. The lowest BCUT2D eigenvalue weighted by Gasteiger charge is -2.41. The van der Waals surface area contributed by atoms with Crippen molar-refractivity contribution in [3.8, 4) is 0 Å². The van der Waals surface area contributed by atoms with Crippen LogP contribution in [0, 0.1) is 5.41 Å². The van der Waals surface area contributed by atoms with Crippen LogP contribution >= 0.6 is 0 Å². The van der Waals surface area contributed by atoms with Crippen LogP contribution < -0.4 is 5.32 Å². The summed E-state index contributed by atoms with van der Waals surface area (Å²) in [5, 5.41) is 15.3. The summed E-state index contributed by atoms with van der Waals surface area (Å²) in [6.07, 6.45) is 5.17. The molecular weight excluding hydrogens is 230 g/mol. The first-order chi connectivity index (χ1) is 8.79. The van der Waals surface area contributed by atoms with Crippen molar-refractivity contribution in [2.45, 2.75) is 45.7 Å². The fourth-order valence-corrected chi connectivity index (χ4v) is 2.47. The van der Waals surface area contributed by atoms with Gasteiger partial charge in [0.2, 0.25) is 0 Å². The van der Waals surface area contributed by atoms with Gasteiger partial charge in [-0.3, -0.25) is 0 Å². The molecule has 1 fully saturated rings. The third-order valence-corrected chi connectivity index (χ3v) is 4.02. The average molecular weight is 253 g/mol. The van der Waals surface area contributed by atoms with E-state index in [0.717, 1.165) is 18.9 Å². The van der Waals surface area contributed by atoms with Gasteiger partial charge in [0, 0.05) is 13.7 Å². The van der Waals surface area contributed by atoms with Gasteiger partial charge in [0.1, 0.15) is 0 Å². The summed E-state index contributed by atoms with van der Waals surface area (Å²) in [5.74, 6) is 0.922. The van der Waals surface area contributed by atoms with E-state index in [0.29, 0.717) is 18.6 Å². The van der Waals surface area contributed by atoms with Crippen molar-refractivity contribution in [3.05, 3.63) is 5.82 Å². The Morgan fingerprint density at radius 3 is 2.89 bits per heavy atom. The van der Waals surface area contributed by atoms with Crippen LogP contribution in [0.25, 0.3) is 0 Å². The van der Waals surface area contributed by atoms with Gasteiger partial charge in [0.25, 0.3) is 0 Å². The van der Waals surface area contributed by atoms with Crippen LogP contribution in [0.15, 0.2) is 0 Å². The number of hydrogen-bond donors (Lipinski definition) is 1. The first-order valence-electron chi connectivity index (χ1n) is 6.74. The van der Waals surface area contributed by atoms with Crippen molar-refractivity contribution >= 4 is 0 Å². The Labute approximate surface area is 108 Å². The summed E-state index contributed by atoms with van der Waals surface area (Å²) in [6, 6.07) is 0. The average Bonchev–Trinajstić information content (AvgIpc) is 2.77. The second-order valence-corrected chi connectivity index (χ2v) is 5.13. The fourth-order valence-electron chi connectivity index (χ4n) is 2.47. The lowest BCUT2D eigenvalue weighted by molar-refractivity contribution is 0.0924. The zero-order chi connectivity index (χ0) is 12.8. The molecule has 0 radical (unpaired) electrons. The molecule has 0 saturated heterocycles. The molecule has 1 N–H and O–H groups in total. The van der Waals surface area contributed by atoms with Crippen molar-refractivity contribution < 1.29 is 4.74 Å². The molecule has 0 bridgehead atoms. The Morgan fingerprint density at radius 2 is 2.28 bits per heavy atom. The van der Waals surface area contributed by atoms with Crippen LogP contribution in [0.2, 0.25) is 0 Å². The predicted molar refractivity (Wildman–Crippen MR) is 68.0 cm³/mol. The highest BCUT2D eigenvalue weighted by molar-refractivity contribution is 4.89. The van der Waals surface area contributed by atoms with Crippen LogP contribution in [-0.2, 0) is 17.8 Å². The number of nitrogens with zero attached hydrogens (tertiary/aromatic N) is 4. The van der Waals surface area contributed by atoms with E-state index in [9.17, 15) is 0 Å². The summed E-state index contributed by atoms with van der Waals surface area (Å²) < 4.78 is 6.96. The molecule has 1 aliphatic rings. The van der Waals surface area contributed by atoms with Crippen LogP contribution in [0.5, 0.6) is 0 Å². The van der Waals surface area contributed by atoms with Gasteiger partial charge in [-0.05, 0) is 35.1 Å². The van der Waals surface area contributed by atoms with Crippen molar-refractivity contribution in [2.24, 2.45) is 5.41 Å². The molecule has 1 heterocycles. The third-order valence-electron chi connectivity index (χ3n) is 4.02. The number of rotatable bonds is 8. The van der Waals surface area contributed by atoms with Gasteiger partial charge in [0.15, 0.2) is 5.82 Å². The molecule has 6 heteroatoms. The minimum absolute atomic E-state index is 0.441. The van der Waals surface area contributed by atoms with E-state index >= 15 is 0 Å². The maximum atomic E-state index is 5.00. The molecular formula is C12H23N5O. The Hall–Kier alpha value is -1.01. The van der Waals surface area contributed by atoms with Crippen molar-refractivity contribution in [1.29, 1.82) is 0 Å². The molecule has 0 spiro atoms. The lowest BCUT2D eigenvalue weighted by atomic mass is 9.67. The van der Waals surface area contributed by atoms with Gasteiger partial charge in [-0.2, -0.15) is 0 Å². The van der Waals surface area contributed by atoms with E-state index in [-0.39, 0.29) is 0 Å². The quantitative estimate of drug-likeness (QED) is 0.700. The largest absolute Gasteiger partial charge is 0.383 e. The summed E-state index contributed by atoms with van der Waals surface area (Å²) in [6.45, 7) is 5.46. The van der Waals surface area contributed by atoms with Gasteiger partial charge >= 0.3 is 0 Å². The van der Waals surface area contributed by atoms with Crippen molar-refractivity contribution in [2.75, 3.05) is 20.3 Å². The highest BCUT2D eigenvalue weighted by Crippen LogP contribution is 2.44. The van der Waals surface area contributed by atoms with Gasteiger partial charge in [-0.1, -0.05) is 13.3 Å². The molecule has 1 saturated carbocycles. The monoisotopic (exact) mass is 253 g/mol. The highest BCUT2D eigenvalue weighted by Gasteiger charge is 2.36. The van der Waals surface area contributed by atoms with Gasteiger partial charge in [0.05, 0.1) is 19.7 Å². The first-order valence-corrected chi connectivity index (χ1v) is 6.74. The molecule has 18 heavy (non-hydrogen) atoms. The molecule has 6 nitrogen and oxygen atoms in total. The SMILES string of the molecule is CCC1(Cn2nnnc2CNCCOC)CCC1. The van der Waals surface area contributed by atoms with Crippen molar-refractivity contribution in [1.82, 2.24) is 25.5 Å². The molecule has 2 rings (SSSR count). The molecule has 0 unspecified atom stereocenters. The third kappa shape index (κ3) is 3.05. The molecule has 1 aromatic heterocycles. The smallest absolute Gasteiger partial charge is 0.165 e. The normalized spacial score (nSPS) is 17.7. The van der Waals surface area contributed by atoms with E-state index in [4.69, 9.17) is 4.74 Å². The summed E-state index contributed by atoms with van der Waals surface area (Å²) in [4.78, 5) is 0. The van der Waals surface area contributed by atoms with E-state index in [1.165, 1.54) is 25.7 Å². The van der Waals surface area contributed by atoms with Crippen LogP contribution in [-0.4, -0.2) is 40.5 Å².